The van der Waals surface area contributed by atoms with E-state index in [-0.39, 0.29) is 11.7 Å². The molecule has 3 aromatic heterocycles. The van der Waals surface area contributed by atoms with E-state index >= 15 is 0 Å². The first-order chi connectivity index (χ1) is 15.1. The number of ether oxygens (including phenoxy) is 1. The molecule has 31 heavy (non-hydrogen) atoms. The summed E-state index contributed by atoms with van der Waals surface area (Å²) in [6.07, 6.45) is 6.59. The molecule has 1 aliphatic carbocycles. The number of rotatable bonds is 1. The topological polar surface area (TPSA) is 52.3 Å². The lowest BCUT2D eigenvalue weighted by molar-refractivity contribution is 0.325. The minimum absolute atomic E-state index is 0.145. The first-order valence-electron chi connectivity index (χ1n) is 10.5. The van der Waals surface area contributed by atoms with Crippen LogP contribution in [-0.4, -0.2) is 26.2 Å². The summed E-state index contributed by atoms with van der Waals surface area (Å²) >= 11 is 6.62. The molecule has 0 fully saturated rings. The van der Waals surface area contributed by atoms with Gasteiger partial charge in [0, 0.05) is 34.5 Å². The lowest BCUT2D eigenvalue weighted by Gasteiger charge is -2.16. The highest BCUT2D eigenvalue weighted by molar-refractivity contribution is 6.34. The summed E-state index contributed by atoms with van der Waals surface area (Å²) in [7, 11) is 0. The summed E-state index contributed by atoms with van der Waals surface area (Å²) in [5, 5.41) is 9.20. The van der Waals surface area contributed by atoms with Crippen LogP contribution in [0.25, 0.3) is 16.8 Å². The van der Waals surface area contributed by atoms with Crippen LogP contribution < -0.4 is 4.74 Å². The number of halogens is 2. The number of pyridine rings is 2. The average Bonchev–Trinajstić information content (AvgIpc) is 3.41. The summed E-state index contributed by atoms with van der Waals surface area (Å²) in [4.78, 5) is 4.29. The Morgan fingerprint density at radius 2 is 2.06 bits per heavy atom. The van der Waals surface area contributed by atoms with Gasteiger partial charge in [-0.3, -0.25) is 9.38 Å². The maximum Gasteiger partial charge on any atom is 0.168 e. The Kier molecular flexibility index (Phi) is 4.25. The Hall–Kier alpha value is -2.99. The molecule has 6 rings (SSSR count). The van der Waals surface area contributed by atoms with Crippen molar-refractivity contribution in [3.05, 3.63) is 75.7 Å². The highest BCUT2D eigenvalue weighted by atomic mass is 35.5. The first-order valence-corrected chi connectivity index (χ1v) is 10.9. The fourth-order valence-corrected chi connectivity index (χ4v) is 5.28. The number of benzene rings is 1. The molecule has 7 heteroatoms. The number of nitrogens with zero attached hydrogens (tertiary/aromatic N) is 4. The maximum atomic E-state index is 14.8. The Morgan fingerprint density at radius 1 is 1.16 bits per heavy atom. The summed E-state index contributed by atoms with van der Waals surface area (Å²) in [6, 6.07) is 7.40. The lowest BCUT2D eigenvalue weighted by Crippen LogP contribution is -2.07. The SMILES string of the molecule is Cc1nccc(-c2cc3c(n4cnnc24)CCc2c(F)ccc4c2[C@@H](CC3)CO4)c1Cl. The van der Waals surface area contributed by atoms with Crippen LogP contribution in [0.15, 0.2) is 36.8 Å². The molecule has 0 radical (unpaired) electrons. The third-order valence-corrected chi connectivity index (χ3v) is 7.08. The van der Waals surface area contributed by atoms with Crippen LogP contribution in [0.2, 0.25) is 5.02 Å². The molecule has 4 heterocycles. The van der Waals surface area contributed by atoms with Crippen LogP contribution in [-0.2, 0) is 19.3 Å². The number of aryl methyl sites for hydroxylation is 3. The largest absolute Gasteiger partial charge is 0.493 e. The standard InChI is InChI=1S/C24H20ClFN4O/c1-13-23(25)16(8-9-27-13)18-10-14-2-3-15-11-31-21-7-5-19(26)17(22(15)21)4-6-20(14)30-12-28-29-24(18)30/h5,7-10,12,15H,2-4,6,11H2,1H3/t15-/m0/s1. The summed E-state index contributed by atoms with van der Waals surface area (Å²) in [5.41, 5.74) is 7.56. The van der Waals surface area contributed by atoms with Crippen molar-refractivity contribution in [3.63, 3.8) is 0 Å². The van der Waals surface area contributed by atoms with Crippen molar-refractivity contribution in [2.24, 2.45) is 0 Å². The third-order valence-electron chi connectivity index (χ3n) is 6.60. The normalized spacial score (nSPS) is 17.5. The zero-order valence-corrected chi connectivity index (χ0v) is 17.8. The minimum atomic E-state index is -0.145. The monoisotopic (exact) mass is 434 g/mol. The second-order valence-corrected chi connectivity index (χ2v) is 8.67. The molecule has 0 saturated carbocycles. The van der Waals surface area contributed by atoms with Gasteiger partial charge < -0.3 is 4.74 Å². The zero-order valence-electron chi connectivity index (χ0n) is 17.0. The van der Waals surface area contributed by atoms with E-state index in [0.717, 1.165) is 57.9 Å². The van der Waals surface area contributed by atoms with Crippen LogP contribution in [0.1, 0.15) is 40.4 Å². The van der Waals surface area contributed by atoms with E-state index in [1.165, 1.54) is 11.6 Å². The second kappa shape index (κ2) is 7.02. The summed E-state index contributed by atoms with van der Waals surface area (Å²) in [5.74, 6) is 0.897. The van der Waals surface area contributed by atoms with Gasteiger partial charge in [0.1, 0.15) is 17.9 Å². The van der Waals surface area contributed by atoms with Crippen molar-refractivity contribution in [3.8, 4) is 16.9 Å². The molecule has 0 N–H and O–H groups in total. The van der Waals surface area contributed by atoms with Crippen LogP contribution in [0.4, 0.5) is 4.39 Å². The molecule has 1 atom stereocenters. The zero-order chi connectivity index (χ0) is 21.1. The van der Waals surface area contributed by atoms with Gasteiger partial charge >= 0.3 is 0 Å². The summed E-state index contributed by atoms with van der Waals surface area (Å²) in [6.45, 7) is 2.51. The molecule has 1 aliphatic heterocycles. The fourth-order valence-electron chi connectivity index (χ4n) is 5.06. The van der Waals surface area contributed by atoms with Crippen molar-refractivity contribution < 1.29 is 9.13 Å². The predicted molar refractivity (Wildman–Crippen MR) is 116 cm³/mol. The quantitative estimate of drug-likeness (QED) is 0.418. The molecular weight excluding hydrogens is 415 g/mol. The Balaban J connectivity index is 1.54. The Morgan fingerprint density at radius 3 is 2.97 bits per heavy atom. The van der Waals surface area contributed by atoms with Crippen LogP contribution in [0.5, 0.6) is 5.75 Å². The molecule has 1 aromatic carbocycles. The Labute approximate surface area is 183 Å². The molecule has 0 unspecified atom stereocenters. The number of hydrogen-bond donors (Lipinski definition) is 0. The third kappa shape index (κ3) is 2.85. The van der Waals surface area contributed by atoms with Crippen molar-refractivity contribution in [1.82, 2.24) is 19.6 Å². The van der Waals surface area contributed by atoms with Crippen LogP contribution in [0, 0.1) is 12.7 Å². The van der Waals surface area contributed by atoms with E-state index in [4.69, 9.17) is 16.3 Å². The lowest BCUT2D eigenvalue weighted by atomic mass is 9.90. The number of aromatic nitrogens is 4. The molecule has 156 valence electrons. The highest BCUT2D eigenvalue weighted by Gasteiger charge is 2.31. The highest BCUT2D eigenvalue weighted by Crippen LogP contribution is 2.42. The van der Waals surface area contributed by atoms with Gasteiger partial charge in [-0.15, -0.1) is 10.2 Å². The average molecular weight is 435 g/mol. The van der Waals surface area contributed by atoms with E-state index in [9.17, 15) is 4.39 Å². The van der Waals surface area contributed by atoms with Gasteiger partial charge in [0.2, 0.25) is 0 Å². The maximum absolute atomic E-state index is 14.8. The molecule has 0 saturated heterocycles. The summed E-state index contributed by atoms with van der Waals surface area (Å²) < 4.78 is 22.7. The molecule has 0 bridgehead atoms. The number of fused-ring (bicyclic) bond motifs is 3. The van der Waals surface area contributed by atoms with Gasteiger partial charge in [0.25, 0.3) is 0 Å². The van der Waals surface area contributed by atoms with E-state index in [2.05, 4.69) is 21.2 Å². The van der Waals surface area contributed by atoms with Gasteiger partial charge in [0.05, 0.1) is 17.3 Å². The van der Waals surface area contributed by atoms with Gasteiger partial charge in [-0.25, -0.2) is 4.39 Å². The van der Waals surface area contributed by atoms with Gasteiger partial charge in [-0.05, 0) is 68.0 Å². The van der Waals surface area contributed by atoms with Crippen molar-refractivity contribution in [1.29, 1.82) is 0 Å². The second-order valence-electron chi connectivity index (χ2n) is 8.30. The molecular formula is C24H20ClFN4O. The molecule has 4 aromatic rings. The van der Waals surface area contributed by atoms with Crippen molar-refractivity contribution >= 4 is 17.2 Å². The van der Waals surface area contributed by atoms with Gasteiger partial charge in [-0.2, -0.15) is 0 Å². The fraction of sp³-hybridized carbons (Fsp3) is 0.292. The molecule has 2 aliphatic rings. The van der Waals surface area contributed by atoms with Crippen molar-refractivity contribution in [2.45, 2.75) is 38.5 Å². The molecule has 0 spiro atoms. The Bertz CT molecular complexity index is 1350. The van der Waals surface area contributed by atoms with Gasteiger partial charge in [-0.1, -0.05) is 11.6 Å². The smallest absolute Gasteiger partial charge is 0.168 e. The minimum Gasteiger partial charge on any atom is -0.493 e. The molecule has 0 amide bonds. The van der Waals surface area contributed by atoms with E-state index in [0.29, 0.717) is 24.5 Å². The predicted octanol–water partition coefficient (Wildman–Crippen LogP) is 5.10. The van der Waals surface area contributed by atoms with Crippen LogP contribution in [0.3, 0.4) is 0 Å². The van der Waals surface area contributed by atoms with E-state index < -0.39 is 0 Å². The van der Waals surface area contributed by atoms with E-state index in [1.807, 2.05) is 17.4 Å². The van der Waals surface area contributed by atoms with Gasteiger partial charge in [0.15, 0.2) is 5.65 Å². The van der Waals surface area contributed by atoms with Crippen LogP contribution >= 0.6 is 11.6 Å². The number of hydrogen-bond acceptors (Lipinski definition) is 4. The first kappa shape index (κ1) is 18.8. The van der Waals surface area contributed by atoms with Crippen molar-refractivity contribution in [2.75, 3.05) is 6.61 Å². The van der Waals surface area contributed by atoms with E-state index in [1.54, 1.807) is 18.6 Å². The molecule has 5 nitrogen and oxygen atoms in total.